The molecule has 0 aromatic heterocycles. The minimum atomic E-state index is -0.446. The van der Waals surface area contributed by atoms with Crippen LogP contribution in [0.25, 0.3) is 0 Å². The molecule has 1 aromatic carbocycles. The molecule has 0 saturated heterocycles. The monoisotopic (exact) mass is 207 g/mol. The summed E-state index contributed by atoms with van der Waals surface area (Å²) in [6.45, 7) is 6.42. The summed E-state index contributed by atoms with van der Waals surface area (Å²) in [6, 6.07) is 7.54. The molecule has 0 unspecified atom stereocenters. The predicted molar refractivity (Wildman–Crippen MR) is 60.2 cm³/mol. The summed E-state index contributed by atoms with van der Waals surface area (Å²) in [5.74, 6) is 0.558. The molecule has 82 valence electrons. The maximum absolute atomic E-state index is 10.9. The van der Waals surface area contributed by atoms with Crippen LogP contribution >= 0.6 is 0 Å². The van der Waals surface area contributed by atoms with Crippen LogP contribution in [-0.4, -0.2) is 13.1 Å². The lowest BCUT2D eigenvalue weighted by Crippen LogP contribution is -2.22. The Hall–Kier alpha value is -1.51. The highest BCUT2D eigenvalue weighted by atomic mass is 16.5. The maximum atomic E-state index is 10.9. The third-order valence-electron chi connectivity index (χ3n) is 2.14. The van der Waals surface area contributed by atoms with Gasteiger partial charge in [-0.1, -0.05) is 32.9 Å². The Morgan fingerprint density at radius 1 is 1.20 bits per heavy atom. The van der Waals surface area contributed by atoms with Gasteiger partial charge >= 0.3 is 6.09 Å². The second-order valence-electron chi connectivity index (χ2n) is 4.41. The van der Waals surface area contributed by atoms with Gasteiger partial charge in [0, 0.05) is 7.05 Å². The highest BCUT2D eigenvalue weighted by molar-refractivity contribution is 5.69. The molecule has 1 N–H and O–H groups in total. The molecule has 0 aliphatic rings. The van der Waals surface area contributed by atoms with Crippen molar-refractivity contribution in [1.29, 1.82) is 0 Å². The Bertz CT molecular complexity index is 336. The van der Waals surface area contributed by atoms with E-state index in [1.807, 2.05) is 12.1 Å². The van der Waals surface area contributed by atoms with Crippen molar-refractivity contribution in [2.75, 3.05) is 7.05 Å². The number of carbonyl (C=O) groups excluding carboxylic acids is 1. The Morgan fingerprint density at radius 3 is 2.13 bits per heavy atom. The van der Waals surface area contributed by atoms with Crippen LogP contribution in [0.2, 0.25) is 0 Å². The molecular formula is C12H17NO2. The number of hydrogen-bond acceptors (Lipinski definition) is 2. The van der Waals surface area contributed by atoms with Gasteiger partial charge < -0.3 is 10.1 Å². The average molecular weight is 207 g/mol. The van der Waals surface area contributed by atoms with Crippen LogP contribution in [0.1, 0.15) is 26.3 Å². The first-order chi connectivity index (χ1) is 6.93. The third kappa shape index (κ3) is 3.27. The number of ether oxygens (including phenoxy) is 1. The summed E-state index contributed by atoms with van der Waals surface area (Å²) in [6.07, 6.45) is -0.446. The predicted octanol–water partition coefficient (Wildman–Crippen LogP) is 2.70. The maximum Gasteiger partial charge on any atom is 0.412 e. The van der Waals surface area contributed by atoms with E-state index in [9.17, 15) is 4.79 Å². The van der Waals surface area contributed by atoms with E-state index in [1.54, 1.807) is 12.1 Å². The number of nitrogens with one attached hydrogen (secondary N) is 1. The van der Waals surface area contributed by atoms with Gasteiger partial charge in [0.05, 0.1) is 0 Å². The molecule has 0 aliphatic heterocycles. The number of carbonyl (C=O) groups is 1. The molecule has 15 heavy (non-hydrogen) atoms. The molecule has 1 amide bonds. The molecule has 1 rings (SSSR count). The lowest BCUT2D eigenvalue weighted by molar-refractivity contribution is 0.203. The minimum absolute atomic E-state index is 0.117. The number of rotatable bonds is 1. The second kappa shape index (κ2) is 4.34. The molecule has 0 radical (unpaired) electrons. The first kappa shape index (κ1) is 11.6. The summed E-state index contributed by atoms with van der Waals surface area (Å²) >= 11 is 0. The zero-order valence-electron chi connectivity index (χ0n) is 9.63. The quantitative estimate of drug-likeness (QED) is 0.769. The van der Waals surface area contributed by atoms with E-state index in [2.05, 4.69) is 26.1 Å². The van der Waals surface area contributed by atoms with Gasteiger partial charge in [-0.05, 0) is 23.1 Å². The van der Waals surface area contributed by atoms with E-state index < -0.39 is 6.09 Å². The van der Waals surface area contributed by atoms with Gasteiger partial charge in [0.2, 0.25) is 0 Å². The lowest BCUT2D eigenvalue weighted by atomic mass is 9.87. The summed E-state index contributed by atoms with van der Waals surface area (Å²) in [5, 5.41) is 2.40. The second-order valence-corrected chi connectivity index (χ2v) is 4.41. The van der Waals surface area contributed by atoms with E-state index >= 15 is 0 Å². The van der Waals surface area contributed by atoms with Gasteiger partial charge in [-0.3, -0.25) is 0 Å². The molecule has 0 saturated carbocycles. The average Bonchev–Trinajstić information content (AvgIpc) is 2.17. The largest absolute Gasteiger partial charge is 0.412 e. The van der Waals surface area contributed by atoms with Crippen LogP contribution in [0.4, 0.5) is 4.79 Å². The molecule has 3 nitrogen and oxygen atoms in total. The van der Waals surface area contributed by atoms with Gasteiger partial charge in [0.15, 0.2) is 0 Å². The van der Waals surface area contributed by atoms with Crippen molar-refractivity contribution in [3.05, 3.63) is 29.8 Å². The smallest absolute Gasteiger partial charge is 0.410 e. The lowest BCUT2D eigenvalue weighted by Gasteiger charge is -2.18. The topological polar surface area (TPSA) is 38.3 Å². The van der Waals surface area contributed by atoms with E-state index in [-0.39, 0.29) is 5.41 Å². The molecule has 0 aliphatic carbocycles. The van der Waals surface area contributed by atoms with Crippen molar-refractivity contribution in [3.8, 4) is 5.75 Å². The van der Waals surface area contributed by atoms with Crippen molar-refractivity contribution >= 4 is 6.09 Å². The van der Waals surface area contributed by atoms with Crippen LogP contribution < -0.4 is 10.1 Å². The van der Waals surface area contributed by atoms with Gasteiger partial charge in [-0.2, -0.15) is 0 Å². The molecule has 1 aromatic rings. The fourth-order valence-electron chi connectivity index (χ4n) is 1.18. The molecule has 0 fully saturated rings. The molecule has 3 heteroatoms. The van der Waals surface area contributed by atoms with Crippen LogP contribution in [0.15, 0.2) is 24.3 Å². The molecular weight excluding hydrogens is 190 g/mol. The van der Waals surface area contributed by atoms with Crippen LogP contribution in [0, 0.1) is 0 Å². The van der Waals surface area contributed by atoms with E-state index in [0.29, 0.717) is 5.75 Å². The number of hydrogen-bond donors (Lipinski definition) is 1. The third-order valence-corrected chi connectivity index (χ3v) is 2.14. The Balaban J connectivity index is 2.77. The van der Waals surface area contributed by atoms with Crippen LogP contribution in [0.5, 0.6) is 5.75 Å². The van der Waals surface area contributed by atoms with Crippen molar-refractivity contribution in [2.24, 2.45) is 0 Å². The van der Waals surface area contributed by atoms with Crippen molar-refractivity contribution < 1.29 is 9.53 Å². The first-order valence-electron chi connectivity index (χ1n) is 4.93. The van der Waals surface area contributed by atoms with Crippen molar-refractivity contribution in [3.63, 3.8) is 0 Å². The summed E-state index contributed by atoms with van der Waals surface area (Å²) in [5.41, 5.74) is 1.33. The van der Waals surface area contributed by atoms with Crippen molar-refractivity contribution in [2.45, 2.75) is 26.2 Å². The van der Waals surface area contributed by atoms with E-state index in [4.69, 9.17) is 4.74 Å². The normalized spacial score (nSPS) is 10.9. The standard InChI is InChI=1S/C12H17NO2/c1-12(2,3)9-5-7-10(8-6-9)15-11(14)13-4/h5-8H,1-4H3,(H,13,14). The number of benzene rings is 1. The van der Waals surface area contributed by atoms with Crippen LogP contribution in [-0.2, 0) is 5.41 Å². The fraction of sp³-hybridized carbons (Fsp3) is 0.417. The fourth-order valence-corrected chi connectivity index (χ4v) is 1.18. The van der Waals surface area contributed by atoms with Gasteiger partial charge in [-0.25, -0.2) is 4.79 Å². The van der Waals surface area contributed by atoms with Gasteiger partial charge in [0.25, 0.3) is 0 Å². The zero-order chi connectivity index (χ0) is 11.5. The highest BCUT2D eigenvalue weighted by Crippen LogP contribution is 2.24. The summed E-state index contributed by atoms with van der Waals surface area (Å²) < 4.78 is 4.98. The van der Waals surface area contributed by atoms with Crippen LogP contribution in [0.3, 0.4) is 0 Å². The van der Waals surface area contributed by atoms with E-state index in [1.165, 1.54) is 12.6 Å². The summed E-state index contributed by atoms with van der Waals surface area (Å²) in [7, 11) is 1.53. The minimum Gasteiger partial charge on any atom is -0.410 e. The Labute approximate surface area is 90.4 Å². The molecule has 0 spiro atoms. The Kier molecular flexibility index (Phi) is 3.35. The zero-order valence-corrected chi connectivity index (χ0v) is 9.63. The molecule has 0 atom stereocenters. The summed E-state index contributed by atoms with van der Waals surface area (Å²) in [4.78, 5) is 10.9. The molecule has 0 bridgehead atoms. The highest BCUT2D eigenvalue weighted by Gasteiger charge is 2.13. The molecule has 0 heterocycles. The Morgan fingerprint density at radius 2 is 1.73 bits per heavy atom. The van der Waals surface area contributed by atoms with Crippen molar-refractivity contribution in [1.82, 2.24) is 5.32 Å². The van der Waals surface area contributed by atoms with E-state index in [0.717, 1.165) is 0 Å². The van der Waals surface area contributed by atoms with Gasteiger partial charge in [-0.15, -0.1) is 0 Å². The first-order valence-corrected chi connectivity index (χ1v) is 4.93. The van der Waals surface area contributed by atoms with Gasteiger partial charge in [0.1, 0.15) is 5.75 Å². The number of amides is 1. The SMILES string of the molecule is CNC(=O)Oc1ccc(C(C)(C)C)cc1.